The number of aromatic nitrogens is 5. The molecule has 4 heterocycles. The van der Waals surface area contributed by atoms with E-state index in [9.17, 15) is 0 Å². The highest BCUT2D eigenvalue weighted by Gasteiger charge is 2.23. The highest BCUT2D eigenvalue weighted by Crippen LogP contribution is 2.43. The Morgan fingerprint density at radius 2 is 1.15 bits per heavy atom. The minimum absolute atomic E-state index is 0.641. The zero-order valence-electron chi connectivity index (χ0n) is 25.7. The first-order valence-electron chi connectivity index (χ1n) is 16.2. The maximum atomic E-state index is 5.48. The van der Waals surface area contributed by atoms with Gasteiger partial charge in [-0.05, 0) is 45.8 Å². The summed E-state index contributed by atoms with van der Waals surface area (Å²) in [6, 6.07) is 51.3. The number of imidazole rings is 1. The molecule has 0 unspecified atom stereocenters. The summed E-state index contributed by atoms with van der Waals surface area (Å²) in [6.07, 6.45) is 2.22. The Kier molecular flexibility index (Phi) is 5.05. The highest BCUT2D eigenvalue weighted by atomic mass is 15.2. The van der Waals surface area contributed by atoms with Crippen LogP contribution in [0.15, 0.2) is 152 Å². The summed E-state index contributed by atoms with van der Waals surface area (Å²) >= 11 is 0. The van der Waals surface area contributed by atoms with Gasteiger partial charge in [-0.3, -0.25) is 8.97 Å². The summed E-state index contributed by atoms with van der Waals surface area (Å²) < 4.78 is 4.49. The molecule has 5 nitrogen and oxygen atoms in total. The van der Waals surface area contributed by atoms with E-state index in [0.29, 0.717) is 5.95 Å². The van der Waals surface area contributed by atoms with E-state index < -0.39 is 0 Å². The number of rotatable bonds is 2. The van der Waals surface area contributed by atoms with Gasteiger partial charge in [0.1, 0.15) is 5.65 Å². The lowest BCUT2D eigenvalue weighted by atomic mass is 9.97. The number of benzene rings is 7. The summed E-state index contributed by atoms with van der Waals surface area (Å²) in [6.45, 7) is 0. The molecule has 0 N–H and O–H groups in total. The van der Waals surface area contributed by atoms with Crippen molar-refractivity contribution in [2.75, 3.05) is 0 Å². The first-order chi connectivity index (χ1) is 23.8. The summed E-state index contributed by atoms with van der Waals surface area (Å²) in [5, 5.41) is 10.4. The van der Waals surface area contributed by atoms with Crippen LogP contribution in [0.2, 0.25) is 0 Å². The monoisotopic (exact) mass is 611 g/mol. The number of para-hydroxylation sites is 2. The maximum Gasteiger partial charge on any atom is 0.235 e. The first-order valence-corrected chi connectivity index (χ1v) is 16.2. The minimum Gasteiger partial charge on any atom is -0.297 e. The molecule has 0 saturated heterocycles. The standard InChI is InChI=1S/C43H25N5/c1-2-13-27(14-3-1)40-33-23-22-26-12-4-5-15-28(26)41(33)46-43(45-40)48-37-25-47-36-21-11-10-20-35(36)44-38(47)24-34(37)39-31-18-8-6-16-29(31)30-17-7-9-19-32(30)42(39)48/h1-25H. The van der Waals surface area contributed by atoms with Gasteiger partial charge in [0.05, 0.1) is 33.3 Å². The third kappa shape index (κ3) is 3.42. The van der Waals surface area contributed by atoms with Gasteiger partial charge < -0.3 is 0 Å². The predicted molar refractivity (Wildman–Crippen MR) is 198 cm³/mol. The van der Waals surface area contributed by atoms with Crippen LogP contribution >= 0.6 is 0 Å². The summed E-state index contributed by atoms with van der Waals surface area (Å²) in [5.74, 6) is 0.641. The van der Waals surface area contributed by atoms with Gasteiger partial charge in [-0.2, -0.15) is 0 Å². The summed E-state index contributed by atoms with van der Waals surface area (Å²) in [4.78, 5) is 16.0. The fourth-order valence-electron chi connectivity index (χ4n) is 7.80. The molecule has 0 atom stereocenters. The van der Waals surface area contributed by atoms with Crippen LogP contribution in [-0.4, -0.2) is 23.9 Å². The predicted octanol–water partition coefficient (Wildman–Crippen LogP) is 10.7. The van der Waals surface area contributed by atoms with Gasteiger partial charge in [0.25, 0.3) is 0 Å². The van der Waals surface area contributed by atoms with Crippen molar-refractivity contribution in [3.8, 4) is 17.2 Å². The molecule has 0 spiro atoms. The number of pyridine rings is 1. The van der Waals surface area contributed by atoms with Crippen molar-refractivity contribution in [3.05, 3.63) is 152 Å². The van der Waals surface area contributed by atoms with Gasteiger partial charge in [0.15, 0.2) is 0 Å². The molecule has 4 aromatic heterocycles. The van der Waals surface area contributed by atoms with Crippen LogP contribution in [0.1, 0.15) is 0 Å². The zero-order valence-corrected chi connectivity index (χ0v) is 25.7. The maximum absolute atomic E-state index is 5.48. The molecule has 5 heteroatoms. The van der Waals surface area contributed by atoms with Crippen LogP contribution in [0.25, 0.3) is 98.9 Å². The Balaban J connectivity index is 1.41. The molecule has 0 saturated carbocycles. The van der Waals surface area contributed by atoms with Crippen molar-refractivity contribution < 1.29 is 0 Å². The van der Waals surface area contributed by atoms with Crippen molar-refractivity contribution >= 4 is 81.7 Å². The molecule has 0 aliphatic heterocycles. The first kappa shape index (κ1) is 25.6. The number of hydrogen-bond donors (Lipinski definition) is 0. The van der Waals surface area contributed by atoms with Gasteiger partial charge in [-0.1, -0.05) is 121 Å². The van der Waals surface area contributed by atoms with Crippen LogP contribution < -0.4 is 0 Å². The van der Waals surface area contributed by atoms with Crippen molar-refractivity contribution in [2.45, 2.75) is 0 Å². The fraction of sp³-hybridized carbons (Fsp3) is 0. The average molecular weight is 612 g/mol. The molecule has 11 aromatic rings. The third-order valence-electron chi connectivity index (χ3n) is 9.89. The van der Waals surface area contributed by atoms with Crippen LogP contribution in [-0.2, 0) is 0 Å². The van der Waals surface area contributed by atoms with Crippen molar-refractivity contribution in [2.24, 2.45) is 0 Å². The molecule has 0 fully saturated rings. The van der Waals surface area contributed by atoms with E-state index in [1.54, 1.807) is 0 Å². The van der Waals surface area contributed by atoms with Crippen LogP contribution in [0, 0.1) is 0 Å². The topological polar surface area (TPSA) is 48.0 Å². The molecule has 0 aliphatic carbocycles. The second kappa shape index (κ2) is 9.47. The Bertz CT molecular complexity index is 3120. The minimum atomic E-state index is 0.641. The van der Waals surface area contributed by atoms with Gasteiger partial charge in [0, 0.05) is 38.7 Å². The van der Waals surface area contributed by atoms with Crippen LogP contribution in [0.3, 0.4) is 0 Å². The van der Waals surface area contributed by atoms with E-state index in [-0.39, 0.29) is 0 Å². The summed E-state index contributed by atoms with van der Waals surface area (Å²) in [7, 11) is 0. The van der Waals surface area contributed by atoms with E-state index in [1.165, 1.54) is 21.5 Å². The van der Waals surface area contributed by atoms with Crippen molar-refractivity contribution in [3.63, 3.8) is 0 Å². The second-order valence-electron chi connectivity index (χ2n) is 12.5. The van der Waals surface area contributed by atoms with Gasteiger partial charge in [-0.15, -0.1) is 0 Å². The molecule has 0 amide bonds. The molecule has 11 rings (SSSR count). The Hall–Kier alpha value is -6.59. The highest BCUT2D eigenvalue weighted by molar-refractivity contribution is 6.32. The molecule has 0 aliphatic rings. The molecule has 48 heavy (non-hydrogen) atoms. The van der Waals surface area contributed by atoms with E-state index in [0.717, 1.165) is 71.4 Å². The lowest BCUT2D eigenvalue weighted by Gasteiger charge is -2.14. The molecular formula is C43H25N5. The van der Waals surface area contributed by atoms with Crippen LogP contribution in [0.4, 0.5) is 0 Å². The Morgan fingerprint density at radius 3 is 2.00 bits per heavy atom. The number of nitrogens with zero attached hydrogens (tertiary/aromatic N) is 5. The van der Waals surface area contributed by atoms with Gasteiger partial charge in [0.2, 0.25) is 5.95 Å². The zero-order chi connectivity index (χ0) is 31.3. The lowest BCUT2D eigenvalue weighted by molar-refractivity contribution is 1.01. The lowest BCUT2D eigenvalue weighted by Crippen LogP contribution is -2.04. The van der Waals surface area contributed by atoms with Gasteiger partial charge >= 0.3 is 0 Å². The third-order valence-corrected chi connectivity index (χ3v) is 9.89. The molecule has 7 aromatic carbocycles. The summed E-state index contributed by atoms with van der Waals surface area (Å²) in [5.41, 5.74) is 7.97. The average Bonchev–Trinajstić information content (AvgIpc) is 3.69. The van der Waals surface area contributed by atoms with Crippen molar-refractivity contribution in [1.29, 1.82) is 0 Å². The molecule has 0 radical (unpaired) electrons. The smallest absolute Gasteiger partial charge is 0.235 e. The van der Waals surface area contributed by atoms with E-state index in [1.807, 2.05) is 12.1 Å². The second-order valence-corrected chi connectivity index (χ2v) is 12.5. The van der Waals surface area contributed by atoms with Gasteiger partial charge in [-0.25, -0.2) is 15.0 Å². The van der Waals surface area contributed by atoms with Crippen LogP contribution in [0.5, 0.6) is 0 Å². The Labute approximate surface area is 274 Å². The Morgan fingerprint density at radius 1 is 0.458 bits per heavy atom. The normalized spacial score (nSPS) is 12.2. The number of fused-ring (bicyclic) bond motifs is 14. The van der Waals surface area contributed by atoms with Crippen molar-refractivity contribution in [1.82, 2.24) is 23.9 Å². The molecular weight excluding hydrogens is 587 g/mol. The molecule has 0 bridgehead atoms. The van der Waals surface area contributed by atoms with E-state index in [2.05, 4.69) is 149 Å². The SMILES string of the molecule is c1ccc(-c2nc(-n3c4cn5c(cc4c4c6ccccc6c6ccccc6c43)nc3ccccc35)nc3c2ccc2ccccc23)cc1. The molecule has 222 valence electrons. The largest absolute Gasteiger partial charge is 0.297 e. The van der Waals surface area contributed by atoms with E-state index >= 15 is 0 Å². The number of hydrogen-bond acceptors (Lipinski definition) is 3. The fourth-order valence-corrected chi connectivity index (χ4v) is 7.80. The quantitative estimate of drug-likeness (QED) is 0.183. The van der Waals surface area contributed by atoms with E-state index in [4.69, 9.17) is 15.0 Å².